The molecule has 1 atom stereocenters. The highest BCUT2D eigenvalue weighted by Crippen LogP contribution is 2.37. The number of carbonyl (C=O) groups is 2. The molecule has 0 spiro atoms. The normalized spacial score (nSPS) is 14.8. The van der Waals surface area contributed by atoms with Crippen molar-refractivity contribution < 1.29 is 23.5 Å². The Balaban J connectivity index is 1.76. The molecule has 3 rings (SSSR count). The van der Waals surface area contributed by atoms with Crippen molar-refractivity contribution in [1.29, 1.82) is 0 Å². The molecular weight excluding hydrogens is 371 g/mol. The van der Waals surface area contributed by atoms with Gasteiger partial charge in [-0.3, -0.25) is 0 Å². The van der Waals surface area contributed by atoms with E-state index in [9.17, 15) is 14.0 Å². The van der Waals surface area contributed by atoms with Gasteiger partial charge in [0.1, 0.15) is 11.6 Å². The highest BCUT2D eigenvalue weighted by molar-refractivity contribution is 5.89. The molecule has 0 saturated heterocycles. The summed E-state index contributed by atoms with van der Waals surface area (Å²) in [7, 11) is 0. The number of aryl methyl sites for hydroxylation is 1. The van der Waals surface area contributed by atoms with Crippen LogP contribution in [0.4, 0.5) is 4.39 Å². The van der Waals surface area contributed by atoms with E-state index >= 15 is 0 Å². The number of halogens is 1. The van der Waals surface area contributed by atoms with Crippen LogP contribution in [0, 0.1) is 5.82 Å². The smallest absolute Gasteiger partial charge is 0.338 e. The molecule has 0 bridgehead atoms. The average molecular weight is 394 g/mol. The fourth-order valence-corrected chi connectivity index (χ4v) is 3.33. The lowest BCUT2D eigenvalue weighted by Gasteiger charge is -2.13. The van der Waals surface area contributed by atoms with Gasteiger partial charge in [0.2, 0.25) is 0 Å². The second kappa shape index (κ2) is 8.43. The van der Waals surface area contributed by atoms with Gasteiger partial charge in [0, 0.05) is 28.7 Å². The van der Waals surface area contributed by atoms with Crippen molar-refractivity contribution in [2.24, 2.45) is 0 Å². The molecule has 0 aliphatic heterocycles. The molecule has 0 heterocycles. The Morgan fingerprint density at radius 2 is 1.79 bits per heavy atom. The van der Waals surface area contributed by atoms with Crippen LogP contribution in [0.25, 0.3) is 11.1 Å². The second-order valence-electron chi connectivity index (χ2n) is 7.34. The maximum Gasteiger partial charge on any atom is 0.338 e. The van der Waals surface area contributed by atoms with Gasteiger partial charge in [-0.05, 0) is 55.5 Å². The number of benzene rings is 2. The van der Waals surface area contributed by atoms with Crippen LogP contribution in [0.15, 0.2) is 60.7 Å². The van der Waals surface area contributed by atoms with Crippen molar-refractivity contribution in [2.45, 2.75) is 32.6 Å². The highest BCUT2D eigenvalue weighted by atomic mass is 19.1. The van der Waals surface area contributed by atoms with Gasteiger partial charge in [-0.25, -0.2) is 14.0 Å². The molecule has 1 aliphatic rings. The van der Waals surface area contributed by atoms with Crippen molar-refractivity contribution in [3.63, 3.8) is 0 Å². The molecule has 0 N–H and O–H groups in total. The number of ether oxygens (including phenoxy) is 2. The Hall–Kier alpha value is -3.21. The minimum absolute atomic E-state index is 0.135. The van der Waals surface area contributed by atoms with Crippen molar-refractivity contribution in [3.8, 4) is 16.9 Å². The van der Waals surface area contributed by atoms with Crippen LogP contribution < -0.4 is 4.74 Å². The van der Waals surface area contributed by atoms with E-state index in [0.717, 1.165) is 29.5 Å². The van der Waals surface area contributed by atoms with Crippen molar-refractivity contribution in [2.75, 3.05) is 6.61 Å². The highest BCUT2D eigenvalue weighted by Gasteiger charge is 2.24. The molecule has 2 aromatic rings. The van der Waals surface area contributed by atoms with Crippen LogP contribution in [0.3, 0.4) is 0 Å². The van der Waals surface area contributed by atoms with Gasteiger partial charge in [0.05, 0.1) is 6.61 Å². The molecule has 1 unspecified atom stereocenters. The van der Waals surface area contributed by atoms with Gasteiger partial charge in [-0.1, -0.05) is 31.4 Å². The molecule has 2 aromatic carbocycles. The van der Waals surface area contributed by atoms with E-state index < -0.39 is 11.8 Å². The molecule has 0 saturated carbocycles. The molecule has 150 valence electrons. The van der Waals surface area contributed by atoms with Gasteiger partial charge in [0.15, 0.2) is 0 Å². The van der Waals surface area contributed by atoms with Crippen LogP contribution in [0.5, 0.6) is 5.75 Å². The molecule has 5 heteroatoms. The van der Waals surface area contributed by atoms with Gasteiger partial charge < -0.3 is 9.47 Å². The van der Waals surface area contributed by atoms with E-state index in [2.05, 4.69) is 13.2 Å². The monoisotopic (exact) mass is 394 g/mol. The Kier molecular flexibility index (Phi) is 5.97. The summed E-state index contributed by atoms with van der Waals surface area (Å²) in [6.07, 6.45) is 1.72. The number of esters is 2. The molecule has 1 aliphatic carbocycles. The standard InChI is InChI=1S/C24H23FO4/c1-14(2)23(26)28-13-18-6-5-16-11-17(7-9-20(16)18)21-10-8-19(12-22(21)25)29-24(27)15(3)4/h7-12,18H,1,3,5-6,13H2,2,4H3. The largest absolute Gasteiger partial charge is 0.462 e. The molecule has 0 amide bonds. The molecule has 0 aromatic heterocycles. The lowest BCUT2D eigenvalue weighted by atomic mass is 9.97. The van der Waals surface area contributed by atoms with Crippen molar-refractivity contribution >= 4 is 11.9 Å². The van der Waals surface area contributed by atoms with Crippen LogP contribution in [0.2, 0.25) is 0 Å². The first-order valence-corrected chi connectivity index (χ1v) is 9.39. The van der Waals surface area contributed by atoms with E-state index in [0.29, 0.717) is 17.7 Å². The first-order valence-electron chi connectivity index (χ1n) is 9.39. The summed E-state index contributed by atoms with van der Waals surface area (Å²) in [4.78, 5) is 23.2. The minimum atomic E-state index is -0.590. The van der Waals surface area contributed by atoms with E-state index in [4.69, 9.17) is 9.47 Å². The Morgan fingerprint density at radius 1 is 1.07 bits per heavy atom. The van der Waals surface area contributed by atoms with Crippen LogP contribution in [-0.2, 0) is 20.7 Å². The zero-order valence-corrected chi connectivity index (χ0v) is 16.6. The molecule has 0 fully saturated rings. The average Bonchev–Trinajstić information content (AvgIpc) is 3.08. The number of rotatable bonds is 6. The van der Waals surface area contributed by atoms with Gasteiger partial charge in [0.25, 0.3) is 0 Å². The lowest BCUT2D eigenvalue weighted by molar-refractivity contribution is -0.139. The number of hydrogen-bond donors (Lipinski definition) is 0. The summed E-state index contributed by atoms with van der Waals surface area (Å²) in [5.74, 6) is -1.17. The summed E-state index contributed by atoms with van der Waals surface area (Å²) in [6.45, 7) is 10.6. The quantitative estimate of drug-likeness (QED) is 0.388. The van der Waals surface area contributed by atoms with E-state index in [1.165, 1.54) is 13.0 Å². The van der Waals surface area contributed by atoms with Crippen molar-refractivity contribution in [3.05, 3.63) is 77.6 Å². The molecule has 0 radical (unpaired) electrons. The van der Waals surface area contributed by atoms with Crippen LogP contribution in [-0.4, -0.2) is 18.5 Å². The third kappa shape index (κ3) is 4.62. The molecule has 4 nitrogen and oxygen atoms in total. The SMILES string of the molecule is C=C(C)C(=O)OCC1CCc2cc(-c3ccc(OC(=O)C(=C)C)cc3F)ccc21. The van der Waals surface area contributed by atoms with Gasteiger partial charge >= 0.3 is 11.9 Å². The summed E-state index contributed by atoms with van der Waals surface area (Å²) in [5.41, 5.74) is 4.05. The fourth-order valence-electron chi connectivity index (χ4n) is 3.33. The summed E-state index contributed by atoms with van der Waals surface area (Å²) in [5, 5.41) is 0. The Labute approximate surface area is 169 Å². The van der Waals surface area contributed by atoms with Gasteiger partial charge in [-0.2, -0.15) is 0 Å². The maximum atomic E-state index is 14.6. The Bertz CT molecular complexity index is 1010. The summed E-state index contributed by atoms with van der Waals surface area (Å²) < 4.78 is 25.0. The van der Waals surface area contributed by atoms with Crippen molar-refractivity contribution in [1.82, 2.24) is 0 Å². The number of fused-ring (bicyclic) bond motifs is 1. The van der Waals surface area contributed by atoms with E-state index in [-0.39, 0.29) is 23.2 Å². The number of hydrogen-bond acceptors (Lipinski definition) is 4. The minimum Gasteiger partial charge on any atom is -0.462 e. The second-order valence-corrected chi connectivity index (χ2v) is 7.34. The Morgan fingerprint density at radius 3 is 2.45 bits per heavy atom. The lowest BCUT2D eigenvalue weighted by Crippen LogP contribution is -2.11. The maximum absolute atomic E-state index is 14.6. The topological polar surface area (TPSA) is 52.6 Å². The predicted molar refractivity (Wildman–Crippen MR) is 109 cm³/mol. The van der Waals surface area contributed by atoms with E-state index in [1.807, 2.05) is 18.2 Å². The third-order valence-electron chi connectivity index (χ3n) is 4.92. The predicted octanol–water partition coefficient (Wildman–Crippen LogP) is 5.12. The van der Waals surface area contributed by atoms with Crippen LogP contribution in [0.1, 0.15) is 37.3 Å². The zero-order valence-electron chi connectivity index (χ0n) is 16.6. The van der Waals surface area contributed by atoms with Gasteiger partial charge in [-0.15, -0.1) is 0 Å². The number of carbonyl (C=O) groups excluding carboxylic acids is 2. The molecule has 29 heavy (non-hydrogen) atoms. The molecular formula is C24H23FO4. The summed E-state index contributed by atoms with van der Waals surface area (Å²) >= 11 is 0. The fraction of sp³-hybridized carbons (Fsp3) is 0.250. The third-order valence-corrected chi connectivity index (χ3v) is 4.92. The summed E-state index contributed by atoms with van der Waals surface area (Å²) in [6, 6.07) is 10.1. The first-order chi connectivity index (χ1) is 13.8. The van der Waals surface area contributed by atoms with Crippen LogP contribution >= 0.6 is 0 Å². The first kappa shape index (κ1) is 20.5. The zero-order chi connectivity index (χ0) is 21.1. The van der Waals surface area contributed by atoms with E-state index in [1.54, 1.807) is 19.1 Å².